The number of rotatable bonds is 7. The number of anilines is 1. The first kappa shape index (κ1) is 20.6. The van der Waals surface area contributed by atoms with Gasteiger partial charge in [-0.25, -0.2) is 0 Å². The van der Waals surface area contributed by atoms with E-state index in [-0.39, 0.29) is 18.1 Å². The van der Waals surface area contributed by atoms with Gasteiger partial charge in [-0.05, 0) is 60.9 Å². The molecule has 1 N–H and O–H groups in total. The van der Waals surface area contributed by atoms with Crippen molar-refractivity contribution >= 4 is 29.0 Å². The van der Waals surface area contributed by atoms with E-state index in [2.05, 4.69) is 5.32 Å². The van der Waals surface area contributed by atoms with Crippen molar-refractivity contribution in [1.82, 2.24) is 0 Å². The van der Waals surface area contributed by atoms with Crippen molar-refractivity contribution in [2.75, 3.05) is 5.32 Å². The summed E-state index contributed by atoms with van der Waals surface area (Å²) in [7, 11) is 0. The van der Waals surface area contributed by atoms with Crippen LogP contribution in [-0.2, 0) is 17.8 Å². The van der Waals surface area contributed by atoms with Gasteiger partial charge >= 0.3 is 0 Å². The number of carbonyl (C=O) groups is 2. The van der Waals surface area contributed by atoms with Gasteiger partial charge in [0.25, 0.3) is 0 Å². The van der Waals surface area contributed by atoms with Crippen LogP contribution in [0, 0.1) is 6.92 Å². The van der Waals surface area contributed by atoms with Crippen molar-refractivity contribution in [2.24, 2.45) is 0 Å². The van der Waals surface area contributed by atoms with Crippen LogP contribution in [0.1, 0.15) is 34.0 Å². The highest BCUT2D eigenvalue weighted by Gasteiger charge is 2.09. The molecule has 3 aromatic rings. The van der Waals surface area contributed by atoms with Gasteiger partial charge in [0.2, 0.25) is 5.91 Å². The summed E-state index contributed by atoms with van der Waals surface area (Å²) in [6.07, 6.45) is 0.218. The van der Waals surface area contributed by atoms with Gasteiger partial charge in [0.15, 0.2) is 5.78 Å². The van der Waals surface area contributed by atoms with Crippen molar-refractivity contribution in [2.45, 2.75) is 26.9 Å². The summed E-state index contributed by atoms with van der Waals surface area (Å²) in [5.74, 6) is 0.528. The van der Waals surface area contributed by atoms with Crippen LogP contribution in [0.15, 0.2) is 66.7 Å². The molecule has 0 radical (unpaired) electrons. The van der Waals surface area contributed by atoms with E-state index >= 15 is 0 Å². The van der Waals surface area contributed by atoms with Gasteiger partial charge < -0.3 is 10.1 Å². The SMILES string of the molecule is CC(=O)c1cccc(OCc2ccc(NC(=O)Cc3ccccc3Cl)cc2C)c1. The minimum Gasteiger partial charge on any atom is -0.489 e. The number of ether oxygens (including phenoxy) is 1. The summed E-state index contributed by atoms with van der Waals surface area (Å²) >= 11 is 6.12. The second-order valence-electron chi connectivity index (χ2n) is 6.83. The lowest BCUT2D eigenvalue weighted by molar-refractivity contribution is -0.115. The molecule has 5 heteroatoms. The maximum absolute atomic E-state index is 12.3. The fourth-order valence-electron chi connectivity index (χ4n) is 2.92. The van der Waals surface area contributed by atoms with Crippen LogP contribution < -0.4 is 10.1 Å². The van der Waals surface area contributed by atoms with Crippen LogP contribution in [0.5, 0.6) is 5.75 Å². The number of halogens is 1. The molecule has 0 spiro atoms. The Hall–Kier alpha value is -3.11. The molecule has 3 aromatic carbocycles. The molecular weight excluding hydrogens is 386 g/mol. The Morgan fingerprint density at radius 3 is 2.48 bits per heavy atom. The Bertz CT molecular complexity index is 1050. The van der Waals surface area contributed by atoms with Gasteiger partial charge in [0, 0.05) is 16.3 Å². The molecule has 0 aliphatic rings. The van der Waals surface area contributed by atoms with Crippen molar-refractivity contribution in [3.8, 4) is 5.75 Å². The molecule has 0 saturated carbocycles. The second kappa shape index (κ2) is 9.39. The predicted octanol–water partition coefficient (Wildman–Crippen LogP) is 5.61. The van der Waals surface area contributed by atoms with Crippen LogP contribution in [-0.4, -0.2) is 11.7 Å². The highest BCUT2D eigenvalue weighted by Crippen LogP contribution is 2.20. The third-order valence-electron chi connectivity index (χ3n) is 4.57. The minimum atomic E-state index is -0.123. The van der Waals surface area contributed by atoms with E-state index in [1.807, 2.05) is 49.4 Å². The van der Waals surface area contributed by atoms with Crippen LogP contribution in [0.2, 0.25) is 5.02 Å². The highest BCUT2D eigenvalue weighted by molar-refractivity contribution is 6.31. The van der Waals surface area contributed by atoms with Gasteiger partial charge in [-0.15, -0.1) is 0 Å². The number of hydrogen-bond acceptors (Lipinski definition) is 3. The molecule has 3 rings (SSSR count). The number of amides is 1. The number of carbonyl (C=O) groups excluding carboxylic acids is 2. The van der Waals surface area contributed by atoms with Gasteiger partial charge in [-0.2, -0.15) is 0 Å². The zero-order valence-electron chi connectivity index (χ0n) is 16.4. The van der Waals surface area contributed by atoms with E-state index < -0.39 is 0 Å². The quantitative estimate of drug-likeness (QED) is 0.518. The zero-order valence-corrected chi connectivity index (χ0v) is 17.1. The third kappa shape index (κ3) is 5.69. The molecule has 1 amide bonds. The third-order valence-corrected chi connectivity index (χ3v) is 4.94. The fraction of sp³-hybridized carbons (Fsp3) is 0.167. The Morgan fingerprint density at radius 1 is 0.966 bits per heavy atom. The summed E-state index contributed by atoms with van der Waals surface area (Å²) in [6, 6.07) is 20.1. The van der Waals surface area contributed by atoms with Crippen molar-refractivity contribution < 1.29 is 14.3 Å². The number of Topliss-reactive ketones (excluding diaryl/α,β-unsaturated/α-hetero) is 1. The van der Waals surface area contributed by atoms with E-state index in [0.29, 0.717) is 22.9 Å². The van der Waals surface area contributed by atoms with E-state index in [1.54, 1.807) is 24.3 Å². The molecule has 0 aromatic heterocycles. The molecular formula is C24H22ClNO3. The van der Waals surface area contributed by atoms with Crippen LogP contribution in [0.4, 0.5) is 5.69 Å². The second-order valence-corrected chi connectivity index (χ2v) is 7.24. The average molecular weight is 408 g/mol. The molecule has 29 heavy (non-hydrogen) atoms. The number of benzene rings is 3. The molecule has 0 saturated heterocycles. The van der Waals surface area contributed by atoms with Gasteiger partial charge in [-0.3, -0.25) is 9.59 Å². The van der Waals surface area contributed by atoms with E-state index in [0.717, 1.165) is 22.4 Å². The first-order valence-corrected chi connectivity index (χ1v) is 9.67. The van der Waals surface area contributed by atoms with Crippen LogP contribution >= 0.6 is 11.6 Å². The molecule has 148 valence electrons. The first-order valence-electron chi connectivity index (χ1n) is 9.29. The maximum atomic E-state index is 12.3. The fourth-order valence-corrected chi connectivity index (χ4v) is 3.12. The highest BCUT2D eigenvalue weighted by atomic mass is 35.5. The summed E-state index contributed by atoms with van der Waals surface area (Å²) in [6.45, 7) is 3.87. The molecule has 0 bridgehead atoms. The zero-order chi connectivity index (χ0) is 20.8. The first-order chi connectivity index (χ1) is 13.9. The molecule has 0 fully saturated rings. The smallest absolute Gasteiger partial charge is 0.228 e. The number of nitrogens with one attached hydrogen (secondary N) is 1. The lowest BCUT2D eigenvalue weighted by atomic mass is 10.1. The number of hydrogen-bond donors (Lipinski definition) is 1. The topological polar surface area (TPSA) is 55.4 Å². The van der Waals surface area contributed by atoms with Crippen molar-refractivity contribution in [3.63, 3.8) is 0 Å². The lowest BCUT2D eigenvalue weighted by Gasteiger charge is -2.12. The van der Waals surface area contributed by atoms with Gasteiger partial charge in [0.1, 0.15) is 12.4 Å². The van der Waals surface area contributed by atoms with Gasteiger partial charge in [-0.1, -0.05) is 48.0 Å². The Morgan fingerprint density at radius 2 is 1.76 bits per heavy atom. The lowest BCUT2D eigenvalue weighted by Crippen LogP contribution is -2.15. The van der Waals surface area contributed by atoms with Crippen LogP contribution in [0.25, 0.3) is 0 Å². The molecule has 0 heterocycles. The van der Waals surface area contributed by atoms with E-state index in [1.165, 1.54) is 6.92 Å². The summed E-state index contributed by atoms with van der Waals surface area (Å²) in [4.78, 5) is 23.8. The van der Waals surface area contributed by atoms with Crippen LogP contribution in [0.3, 0.4) is 0 Å². The van der Waals surface area contributed by atoms with Crippen molar-refractivity contribution in [1.29, 1.82) is 0 Å². The van der Waals surface area contributed by atoms with E-state index in [9.17, 15) is 9.59 Å². The van der Waals surface area contributed by atoms with E-state index in [4.69, 9.17) is 16.3 Å². The largest absolute Gasteiger partial charge is 0.489 e. The summed E-state index contributed by atoms with van der Waals surface area (Å²) < 4.78 is 5.82. The van der Waals surface area contributed by atoms with Gasteiger partial charge in [0.05, 0.1) is 6.42 Å². The minimum absolute atomic E-state index is 0.00325. The average Bonchev–Trinajstić information content (AvgIpc) is 2.69. The Kier molecular flexibility index (Phi) is 6.68. The summed E-state index contributed by atoms with van der Waals surface area (Å²) in [5, 5.41) is 3.49. The number of aryl methyl sites for hydroxylation is 1. The normalized spacial score (nSPS) is 10.4. The standard InChI is InChI=1S/C24H22ClNO3/c1-16-12-21(26-24(28)14-19-6-3-4-9-23(19)25)11-10-20(16)15-29-22-8-5-7-18(13-22)17(2)27/h3-13H,14-15H2,1-2H3,(H,26,28). The number of ketones is 1. The molecule has 0 aliphatic carbocycles. The molecule has 0 atom stereocenters. The Balaban J connectivity index is 1.61. The molecule has 0 unspecified atom stereocenters. The predicted molar refractivity (Wildman–Crippen MR) is 116 cm³/mol. The molecule has 0 aliphatic heterocycles. The summed E-state index contributed by atoms with van der Waals surface area (Å²) in [5.41, 5.74) is 4.14. The Labute approximate surface area is 175 Å². The van der Waals surface area contributed by atoms with Crippen molar-refractivity contribution in [3.05, 3.63) is 94.0 Å². The maximum Gasteiger partial charge on any atom is 0.228 e. The monoisotopic (exact) mass is 407 g/mol. The molecule has 4 nitrogen and oxygen atoms in total.